The van der Waals surface area contributed by atoms with E-state index < -0.39 is 17.6 Å². The molecule has 0 spiro atoms. The number of benzene rings is 1. The van der Waals surface area contributed by atoms with Crippen LogP contribution in [0.15, 0.2) is 18.2 Å². The van der Waals surface area contributed by atoms with Crippen LogP contribution in [0.2, 0.25) is 5.02 Å². The maximum absolute atomic E-state index is 10.3. The van der Waals surface area contributed by atoms with Gasteiger partial charge in [-0.2, -0.15) is 0 Å². The van der Waals surface area contributed by atoms with Crippen molar-refractivity contribution < 1.29 is 14.8 Å². The molecule has 1 unspecified atom stereocenters. The van der Waals surface area contributed by atoms with Crippen LogP contribution in [0.4, 0.5) is 0 Å². The van der Waals surface area contributed by atoms with E-state index >= 15 is 0 Å². The van der Waals surface area contributed by atoms with E-state index in [0.717, 1.165) is 0 Å². The normalized spacial score (nSPS) is 12.2. The second kappa shape index (κ2) is 4.95. The largest absolute Gasteiger partial charge is 0.496 e. The fraction of sp³-hybridized carbons (Fsp3) is 0.333. The molecule has 0 saturated heterocycles. The Balaban J connectivity index is 3.05. The Morgan fingerprint density at radius 2 is 2.33 bits per heavy atom. The SMILES string of the molecule is COc1cccc(Cl)c1C(O)C[N+](=O)[O-]. The molecule has 0 bridgehead atoms. The van der Waals surface area contributed by atoms with Gasteiger partial charge in [0, 0.05) is 10.5 Å². The summed E-state index contributed by atoms with van der Waals surface area (Å²) in [7, 11) is 1.41. The fourth-order valence-corrected chi connectivity index (χ4v) is 1.54. The summed E-state index contributed by atoms with van der Waals surface area (Å²) in [5.74, 6) is 0.344. The Morgan fingerprint density at radius 3 is 2.87 bits per heavy atom. The molecule has 6 heteroatoms. The number of nitro groups is 1. The van der Waals surface area contributed by atoms with E-state index in [9.17, 15) is 15.2 Å². The van der Waals surface area contributed by atoms with Crippen LogP contribution in [-0.4, -0.2) is 23.7 Å². The maximum Gasteiger partial charge on any atom is 0.233 e. The van der Waals surface area contributed by atoms with Crippen molar-refractivity contribution >= 4 is 11.6 Å². The topological polar surface area (TPSA) is 72.6 Å². The lowest BCUT2D eigenvalue weighted by Crippen LogP contribution is -2.13. The average molecular weight is 232 g/mol. The van der Waals surface area contributed by atoms with E-state index in [1.807, 2.05) is 0 Å². The number of hydrogen-bond donors (Lipinski definition) is 1. The molecule has 0 aliphatic carbocycles. The van der Waals surface area contributed by atoms with Gasteiger partial charge < -0.3 is 9.84 Å². The molecular weight excluding hydrogens is 222 g/mol. The van der Waals surface area contributed by atoms with Crippen LogP contribution in [0.5, 0.6) is 5.75 Å². The zero-order chi connectivity index (χ0) is 11.4. The number of rotatable bonds is 4. The molecule has 1 aromatic carbocycles. The molecule has 1 rings (SSSR count). The third-order valence-electron chi connectivity index (χ3n) is 1.89. The molecule has 0 amide bonds. The van der Waals surface area contributed by atoms with E-state index in [0.29, 0.717) is 5.75 Å². The molecule has 0 aliphatic heterocycles. The van der Waals surface area contributed by atoms with Crippen LogP contribution in [0, 0.1) is 10.1 Å². The van der Waals surface area contributed by atoms with E-state index in [4.69, 9.17) is 16.3 Å². The molecule has 1 N–H and O–H groups in total. The second-order valence-corrected chi connectivity index (χ2v) is 3.29. The molecule has 1 aromatic rings. The zero-order valence-electron chi connectivity index (χ0n) is 8.01. The molecule has 1 atom stereocenters. The molecule has 0 saturated carbocycles. The highest BCUT2D eigenvalue weighted by molar-refractivity contribution is 6.31. The summed E-state index contributed by atoms with van der Waals surface area (Å²) in [6.45, 7) is -0.597. The molecule has 0 heterocycles. The lowest BCUT2D eigenvalue weighted by molar-refractivity contribution is -0.491. The molecule has 82 valence electrons. The molecule has 0 aromatic heterocycles. The minimum absolute atomic E-state index is 0.248. The Bertz CT molecular complexity index is 369. The van der Waals surface area contributed by atoms with Gasteiger partial charge in [0.25, 0.3) is 0 Å². The summed E-state index contributed by atoms with van der Waals surface area (Å²) in [5, 5.41) is 20.1. The number of aliphatic hydroxyl groups excluding tert-OH is 1. The maximum atomic E-state index is 10.3. The second-order valence-electron chi connectivity index (χ2n) is 2.89. The smallest absolute Gasteiger partial charge is 0.233 e. The van der Waals surface area contributed by atoms with Gasteiger partial charge in [0.1, 0.15) is 11.9 Å². The summed E-state index contributed by atoms with van der Waals surface area (Å²) in [6.07, 6.45) is -1.26. The zero-order valence-corrected chi connectivity index (χ0v) is 8.77. The first-order chi connectivity index (χ1) is 7.06. The van der Waals surface area contributed by atoms with Crippen LogP contribution < -0.4 is 4.74 Å². The van der Waals surface area contributed by atoms with Gasteiger partial charge in [-0.3, -0.25) is 10.1 Å². The predicted octanol–water partition coefficient (Wildman–Crippen LogP) is 1.66. The monoisotopic (exact) mass is 231 g/mol. The van der Waals surface area contributed by atoms with Crippen LogP contribution in [0.3, 0.4) is 0 Å². The highest BCUT2D eigenvalue weighted by atomic mass is 35.5. The molecule has 0 fully saturated rings. The number of methoxy groups -OCH3 is 1. The van der Waals surface area contributed by atoms with E-state index in [2.05, 4.69) is 0 Å². The standard InChI is InChI=1S/C9H10ClNO4/c1-15-8-4-2-3-6(10)9(8)7(12)5-11(13)14/h2-4,7,12H,5H2,1H3. The van der Waals surface area contributed by atoms with Crippen molar-refractivity contribution in [2.24, 2.45) is 0 Å². The minimum atomic E-state index is -1.26. The number of aliphatic hydroxyl groups is 1. The summed E-state index contributed by atoms with van der Waals surface area (Å²) in [5.41, 5.74) is 0.248. The van der Waals surface area contributed by atoms with Crippen molar-refractivity contribution in [3.8, 4) is 5.75 Å². The first-order valence-electron chi connectivity index (χ1n) is 4.18. The van der Waals surface area contributed by atoms with Crippen LogP contribution in [0.1, 0.15) is 11.7 Å². The van der Waals surface area contributed by atoms with Crippen LogP contribution in [-0.2, 0) is 0 Å². The van der Waals surface area contributed by atoms with Gasteiger partial charge in [-0.05, 0) is 12.1 Å². The predicted molar refractivity (Wildman–Crippen MR) is 54.8 cm³/mol. The van der Waals surface area contributed by atoms with E-state index in [1.54, 1.807) is 18.2 Å². The average Bonchev–Trinajstić information content (AvgIpc) is 2.15. The summed E-state index contributed by atoms with van der Waals surface area (Å²) in [6, 6.07) is 4.77. The number of halogens is 1. The quantitative estimate of drug-likeness (QED) is 0.632. The van der Waals surface area contributed by atoms with E-state index in [-0.39, 0.29) is 10.6 Å². The first kappa shape index (κ1) is 11.7. The molecule has 5 nitrogen and oxygen atoms in total. The summed E-state index contributed by atoms with van der Waals surface area (Å²) < 4.78 is 4.96. The van der Waals surface area contributed by atoms with Gasteiger partial charge in [0.15, 0.2) is 0 Å². The third-order valence-corrected chi connectivity index (χ3v) is 2.22. The van der Waals surface area contributed by atoms with Crippen molar-refractivity contribution in [2.45, 2.75) is 6.10 Å². The third kappa shape index (κ3) is 2.81. The first-order valence-corrected chi connectivity index (χ1v) is 4.56. The van der Waals surface area contributed by atoms with Crippen LogP contribution in [0.25, 0.3) is 0 Å². The van der Waals surface area contributed by atoms with Gasteiger partial charge in [0.2, 0.25) is 6.54 Å². The lowest BCUT2D eigenvalue weighted by atomic mass is 10.1. The summed E-state index contributed by atoms with van der Waals surface area (Å²) >= 11 is 5.82. The van der Waals surface area contributed by atoms with Gasteiger partial charge >= 0.3 is 0 Å². The van der Waals surface area contributed by atoms with Crippen molar-refractivity contribution in [3.05, 3.63) is 38.9 Å². The highest BCUT2D eigenvalue weighted by Crippen LogP contribution is 2.31. The molecule has 0 radical (unpaired) electrons. The van der Waals surface area contributed by atoms with Gasteiger partial charge in [0.05, 0.1) is 12.1 Å². The van der Waals surface area contributed by atoms with E-state index in [1.165, 1.54) is 7.11 Å². The Kier molecular flexibility index (Phi) is 3.88. The van der Waals surface area contributed by atoms with Crippen LogP contribution >= 0.6 is 11.6 Å². The molecule has 15 heavy (non-hydrogen) atoms. The Hall–Kier alpha value is -1.33. The number of hydrogen-bond acceptors (Lipinski definition) is 4. The highest BCUT2D eigenvalue weighted by Gasteiger charge is 2.21. The van der Waals surface area contributed by atoms with Crippen molar-refractivity contribution in [3.63, 3.8) is 0 Å². The summed E-state index contributed by atoms with van der Waals surface area (Å²) in [4.78, 5) is 9.65. The van der Waals surface area contributed by atoms with Crippen molar-refractivity contribution in [1.29, 1.82) is 0 Å². The van der Waals surface area contributed by atoms with Crippen molar-refractivity contribution in [2.75, 3.05) is 13.7 Å². The fourth-order valence-electron chi connectivity index (χ4n) is 1.25. The molecule has 0 aliphatic rings. The minimum Gasteiger partial charge on any atom is -0.496 e. The molecular formula is C9H10ClNO4. The number of nitrogens with zero attached hydrogens (tertiary/aromatic N) is 1. The number of ether oxygens (including phenoxy) is 1. The Morgan fingerprint density at radius 1 is 1.67 bits per heavy atom. The Labute approximate surface area is 91.4 Å². The van der Waals surface area contributed by atoms with Gasteiger partial charge in [-0.25, -0.2) is 0 Å². The van der Waals surface area contributed by atoms with Crippen molar-refractivity contribution in [1.82, 2.24) is 0 Å². The lowest BCUT2D eigenvalue weighted by Gasteiger charge is -2.12. The van der Waals surface area contributed by atoms with Gasteiger partial charge in [-0.15, -0.1) is 0 Å². The van der Waals surface area contributed by atoms with Gasteiger partial charge in [-0.1, -0.05) is 17.7 Å².